The van der Waals surface area contributed by atoms with Crippen LogP contribution in [-0.4, -0.2) is 78.8 Å². The second kappa shape index (κ2) is 20.4. The number of primary amides is 2. The summed E-state index contributed by atoms with van der Waals surface area (Å²) in [4.78, 5) is 77.2. The van der Waals surface area contributed by atoms with E-state index in [2.05, 4.69) is 27.5 Å². The van der Waals surface area contributed by atoms with Crippen molar-refractivity contribution in [2.24, 2.45) is 23.3 Å². The van der Waals surface area contributed by atoms with E-state index in [1.54, 1.807) is 6.07 Å². The number of phenols is 2. The SMILES string of the molecule is C[C@H]1CC[C@H](c2ccc(F)c(O)c2)N(C(=O)C(=O)Nc2cncc(C(N)=O)c2)C1.C[C@H]1CC[C@H](c2ccc(F)c(O)c2)NC1.NC(=O)c1cncc(NC(=O)C(=O)O)c1. The summed E-state index contributed by atoms with van der Waals surface area (Å²) in [5, 5.41) is 35.1. The highest BCUT2D eigenvalue weighted by Crippen LogP contribution is 2.35. The fourth-order valence-corrected chi connectivity index (χ4v) is 6.28. The summed E-state index contributed by atoms with van der Waals surface area (Å²) in [5.74, 6) is -7.10. The first kappa shape index (κ1) is 44.7. The standard InChI is InChI=1S/C20H21FN4O4.C12H16FNO.C8H7N3O4/c1-11-2-5-16(12-3-4-15(21)17(26)7-12)25(10-11)20(29)19(28)24-14-6-13(18(22)27)8-23-9-14;1-8-2-5-11(14-7-8)9-3-4-10(13)12(15)6-9;9-6(12)4-1-5(3-10-2-4)11-7(13)8(14)15/h3-4,6-9,11,16,26H,2,5,10H2,1H3,(H2,22,27)(H,24,28);3-4,6,8,11,14-15H,2,5,7H2,1H3;1-3H,(H2,9,12)(H,11,13)(H,14,15)/t11-,16+;8-,11+;/m00./s1. The third kappa shape index (κ3) is 12.7. The zero-order valence-corrected chi connectivity index (χ0v) is 32.0. The van der Waals surface area contributed by atoms with Crippen LogP contribution in [0, 0.1) is 23.5 Å². The van der Waals surface area contributed by atoms with Crippen LogP contribution in [0.25, 0.3) is 0 Å². The topological polar surface area (TPSA) is 280 Å². The number of hydrogen-bond donors (Lipinski definition) is 8. The molecule has 2 fully saturated rings. The van der Waals surface area contributed by atoms with Crippen LogP contribution < -0.4 is 27.4 Å². The number of piperidine rings is 2. The van der Waals surface area contributed by atoms with E-state index in [0.29, 0.717) is 24.4 Å². The monoisotopic (exact) mass is 818 g/mol. The van der Waals surface area contributed by atoms with E-state index < -0.39 is 58.9 Å². The Morgan fingerprint density at radius 2 is 1.22 bits per heavy atom. The summed E-state index contributed by atoms with van der Waals surface area (Å²) in [6.45, 7) is 5.51. The van der Waals surface area contributed by atoms with Crippen LogP contribution in [0.1, 0.15) is 83.5 Å². The van der Waals surface area contributed by atoms with Gasteiger partial charge in [0.2, 0.25) is 11.8 Å². The van der Waals surface area contributed by atoms with E-state index in [1.807, 2.05) is 12.2 Å². The number of carbonyl (C=O) groups excluding carboxylic acids is 5. The van der Waals surface area contributed by atoms with Crippen LogP contribution in [-0.2, 0) is 19.2 Å². The fraction of sp³-hybridized carbons (Fsp3) is 0.300. The van der Waals surface area contributed by atoms with Crippen molar-refractivity contribution in [3.8, 4) is 11.5 Å². The summed E-state index contributed by atoms with van der Waals surface area (Å²) in [6, 6.07) is 10.8. The lowest BCUT2D eigenvalue weighted by Crippen LogP contribution is -2.46. The number of halogens is 2. The van der Waals surface area contributed by atoms with Crippen LogP contribution in [0.2, 0.25) is 0 Å². The number of rotatable bonds is 6. The molecule has 0 radical (unpaired) electrons. The molecule has 4 heterocycles. The molecule has 4 atom stereocenters. The number of aromatic hydroxyl groups is 2. The average molecular weight is 819 g/mol. The van der Waals surface area contributed by atoms with Gasteiger partial charge in [-0.2, -0.15) is 0 Å². The Balaban J connectivity index is 0.000000215. The Bertz CT molecular complexity index is 2200. The van der Waals surface area contributed by atoms with Gasteiger partial charge in [-0.15, -0.1) is 0 Å². The third-order valence-corrected chi connectivity index (χ3v) is 9.42. The number of phenolic OH excluding ortho intramolecular Hbond substituents is 2. The lowest BCUT2D eigenvalue weighted by molar-refractivity contribution is -0.147. The number of anilines is 2. The lowest BCUT2D eigenvalue weighted by Gasteiger charge is -2.38. The lowest BCUT2D eigenvalue weighted by atomic mass is 9.89. The highest BCUT2D eigenvalue weighted by molar-refractivity contribution is 6.39. The molecule has 6 rings (SSSR count). The Morgan fingerprint density at radius 1 is 0.712 bits per heavy atom. The quantitative estimate of drug-likeness (QED) is 0.129. The minimum Gasteiger partial charge on any atom is -0.505 e. The van der Waals surface area contributed by atoms with Gasteiger partial charge in [0.15, 0.2) is 23.1 Å². The van der Waals surface area contributed by atoms with E-state index in [4.69, 9.17) is 16.6 Å². The number of aliphatic carboxylic acids is 1. The van der Waals surface area contributed by atoms with Gasteiger partial charge < -0.3 is 47.6 Å². The van der Waals surface area contributed by atoms with Crippen LogP contribution in [0.3, 0.4) is 0 Å². The molecule has 0 bridgehead atoms. The number of carbonyl (C=O) groups is 6. The summed E-state index contributed by atoms with van der Waals surface area (Å²) in [7, 11) is 0. The molecule has 10 N–H and O–H groups in total. The number of benzene rings is 2. The number of nitrogens with two attached hydrogens (primary N) is 2. The molecule has 2 aliphatic heterocycles. The summed E-state index contributed by atoms with van der Waals surface area (Å²) in [6.07, 6.45) is 8.58. The van der Waals surface area contributed by atoms with Gasteiger partial charge in [0.25, 0.3) is 0 Å². The van der Waals surface area contributed by atoms with Crippen LogP contribution in [0.4, 0.5) is 20.2 Å². The van der Waals surface area contributed by atoms with Gasteiger partial charge in [0.1, 0.15) is 0 Å². The minimum atomic E-state index is -1.63. The highest BCUT2D eigenvalue weighted by atomic mass is 19.1. The number of carboxylic acid groups (broad SMARTS) is 1. The van der Waals surface area contributed by atoms with Crippen molar-refractivity contribution in [3.05, 3.63) is 107 Å². The number of amides is 5. The second-order valence-corrected chi connectivity index (χ2v) is 14.1. The number of hydrogen-bond acceptors (Lipinski definition) is 11. The minimum absolute atomic E-state index is 0.0817. The van der Waals surface area contributed by atoms with Gasteiger partial charge in [0.05, 0.1) is 40.9 Å². The Labute approximate surface area is 336 Å². The number of nitrogens with zero attached hydrogens (tertiary/aromatic N) is 3. The molecule has 19 heteroatoms. The fourth-order valence-electron chi connectivity index (χ4n) is 6.28. The maximum atomic E-state index is 13.4. The molecule has 2 saturated heterocycles. The molecular weight excluding hydrogens is 774 g/mol. The van der Waals surface area contributed by atoms with Crippen molar-refractivity contribution in [2.75, 3.05) is 23.7 Å². The predicted octanol–water partition coefficient (Wildman–Crippen LogP) is 3.76. The van der Waals surface area contributed by atoms with Crippen molar-refractivity contribution >= 4 is 46.9 Å². The van der Waals surface area contributed by atoms with E-state index in [-0.39, 0.29) is 40.2 Å². The molecule has 4 aromatic rings. The molecule has 0 aliphatic carbocycles. The van der Waals surface area contributed by atoms with Crippen molar-refractivity contribution < 1.29 is 52.9 Å². The second-order valence-electron chi connectivity index (χ2n) is 14.1. The van der Waals surface area contributed by atoms with Crippen LogP contribution in [0.5, 0.6) is 11.5 Å². The molecule has 17 nitrogen and oxygen atoms in total. The number of aromatic nitrogens is 2. The zero-order valence-electron chi connectivity index (χ0n) is 32.0. The van der Waals surface area contributed by atoms with Gasteiger partial charge in [-0.3, -0.25) is 33.9 Å². The maximum Gasteiger partial charge on any atom is 0.394 e. The molecular formula is C40H44F2N8O9. The Kier molecular flexibility index (Phi) is 15.5. The van der Waals surface area contributed by atoms with Gasteiger partial charge in [-0.1, -0.05) is 26.0 Å². The molecule has 0 unspecified atom stereocenters. The number of likely N-dealkylation sites (tertiary alicyclic amines) is 1. The third-order valence-electron chi connectivity index (χ3n) is 9.42. The van der Waals surface area contributed by atoms with E-state index >= 15 is 0 Å². The molecule has 0 spiro atoms. The smallest absolute Gasteiger partial charge is 0.394 e. The van der Waals surface area contributed by atoms with Crippen molar-refractivity contribution in [1.29, 1.82) is 0 Å². The van der Waals surface area contributed by atoms with Crippen LogP contribution in [0.15, 0.2) is 73.3 Å². The van der Waals surface area contributed by atoms with Gasteiger partial charge in [-0.25, -0.2) is 13.6 Å². The summed E-state index contributed by atoms with van der Waals surface area (Å²) < 4.78 is 26.3. The molecule has 2 aliphatic rings. The normalized spacial score (nSPS) is 18.4. The number of nitrogens with one attached hydrogen (secondary N) is 3. The molecule has 0 saturated carbocycles. The van der Waals surface area contributed by atoms with Gasteiger partial charge in [-0.05, 0) is 91.6 Å². The summed E-state index contributed by atoms with van der Waals surface area (Å²) in [5.41, 5.74) is 12.1. The molecule has 2 aromatic heterocycles. The van der Waals surface area contributed by atoms with Crippen LogP contribution >= 0.6 is 0 Å². The van der Waals surface area contributed by atoms with Gasteiger partial charge in [0, 0.05) is 25.0 Å². The molecule has 59 heavy (non-hydrogen) atoms. The van der Waals surface area contributed by atoms with E-state index in [9.17, 15) is 47.8 Å². The Hall–Kier alpha value is -7.02. The molecule has 2 aromatic carbocycles. The highest BCUT2D eigenvalue weighted by Gasteiger charge is 2.34. The number of pyridine rings is 2. The first-order valence-electron chi connectivity index (χ1n) is 18.3. The van der Waals surface area contributed by atoms with Gasteiger partial charge >= 0.3 is 23.7 Å². The van der Waals surface area contributed by atoms with Crippen molar-refractivity contribution in [2.45, 2.75) is 51.6 Å². The average Bonchev–Trinajstić information content (AvgIpc) is 3.20. The van der Waals surface area contributed by atoms with E-state index in [1.165, 1.54) is 72.5 Å². The predicted molar refractivity (Wildman–Crippen MR) is 209 cm³/mol. The van der Waals surface area contributed by atoms with E-state index in [0.717, 1.165) is 31.0 Å². The number of carboxylic acids is 1. The molecule has 312 valence electrons. The maximum absolute atomic E-state index is 13.4. The first-order valence-corrected chi connectivity index (χ1v) is 18.3. The largest absolute Gasteiger partial charge is 0.505 e. The van der Waals surface area contributed by atoms with Crippen molar-refractivity contribution in [1.82, 2.24) is 20.2 Å². The Morgan fingerprint density at radius 3 is 1.71 bits per heavy atom. The summed E-state index contributed by atoms with van der Waals surface area (Å²) >= 11 is 0. The zero-order chi connectivity index (χ0) is 43.4. The first-order chi connectivity index (χ1) is 27.9. The molecule has 5 amide bonds. The van der Waals surface area contributed by atoms with Crippen molar-refractivity contribution in [3.63, 3.8) is 0 Å².